The van der Waals surface area contributed by atoms with Gasteiger partial charge in [0, 0.05) is 17.0 Å². The second-order valence-corrected chi connectivity index (χ2v) is 8.45. The number of ketones is 1. The summed E-state index contributed by atoms with van der Waals surface area (Å²) in [5, 5.41) is 1.99. The Morgan fingerprint density at radius 1 is 0.941 bits per heavy atom. The van der Waals surface area contributed by atoms with Crippen LogP contribution in [0.5, 0.6) is 11.5 Å². The highest BCUT2D eigenvalue weighted by atomic mass is 16.6. The molecule has 34 heavy (non-hydrogen) atoms. The Hall–Kier alpha value is -4.06. The first-order chi connectivity index (χ1) is 16.5. The molecule has 2 heterocycles. The third-order valence-corrected chi connectivity index (χ3v) is 6.15. The van der Waals surface area contributed by atoms with Crippen LogP contribution in [0, 0.1) is 13.8 Å². The lowest BCUT2D eigenvalue weighted by atomic mass is 10.1. The number of hydrogen-bond acceptors (Lipinski definition) is 5. The minimum absolute atomic E-state index is 0.173. The average Bonchev–Trinajstić information content (AvgIpc) is 3.15. The molecule has 1 aliphatic heterocycles. The number of aryl methyl sites for hydroxylation is 1. The molecule has 0 N–H and O–H groups in total. The van der Waals surface area contributed by atoms with Crippen LogP contribution in [-0.2, 0) is 11.3 Å². The molecule has 1 unspecified atom stereocenters. The molecule has 4 aromatic rings. The fraction of sp³-hybridized carbons (Fsp3) is 0.214. The van der Waals surface area contributed by atoms with Crippen molar-refractivity contribution in [3.05, 3.63) is 95.3 Å². The zero-order chi connectivity index (χ0) is 23.7. The van der Waals surface area contributed by atoms with E-state index in [1.165, 1.54) is 0 Å². The third-order valence-electron chi connectivity index (χ3n) is 6.15. The van der Waals surface area contributed by atoms with Crippen molar-refractivity contribution in [1.82, 2.24) is 4.57 Å². The lowest BCUT2D eigenvalue weighted by Gasteiger charge is -2.27. The van der Waals surface area contributed by atoms with Gasteiger partial charge in [-0.1, -0.05) is 42.5 Å². The van der Waals surface area contributed by atoms with Crippen molar-refractivity contribution in [3.63, 3.8) is 0 Å². The average molecular weight is 456 g/mol. The summed E-state index contributed by atoms with van der Waals surface area (Å²) in [5.74, 6) is 0.709. The van der Waals surface area contributed by atoms with Crippen LogP contribution >= 0.6 is 0 Å². The molecule has 6 nitrogen and oxygen atoms in total. The maximum absolute atomic E-state index is 12.9. The number of aromatic nitrogens is 1. The third kappa shape index (κ3) is 4.27. The van der Waals surface area contributed by atoms with Gasteiger partial charge < -0.3 is 18.8 Å². The van der Waals surface area contributed by atoms with Gasteiger partial charge in [0.05, 0.1) is 12.1 Å². The Balaban J connectivity index is 1.25. The lowest BCUT2D eigenvalue weighted by Crippen LogP contribution is -2.33. The number of ether oxygens (including phenoxy) is 3. The molecule has 0 spiro atoms. The predicted octanol–water partition coefficient (Wildman–Crippen LogP) is 5.14. The molecular formula is C28H25NO5. The summed E-state index contributed by atoms with van der Waals surface area (Å²) in [6, 6.07) is 22.6. The summed E-state index contributed by atoms with van der Waals surface area (Å²) in [5.41, 5.74) is 2.71. The first-order valence-corrected chi connectivity index (χ1v) is 11.2. The molecule has 5 rings (SSSR count). The number of hydrogen-bond donors (Lipinski definition) is 0. The van der Waals surface area contributed by atoms with Gasteiger partial charge in [-0.15, -0.1) is 0 Å². The van der Waals surface area contributed by atoms with Crippen LogP contribution in [0.1, 0.15) is 32.1 Å². The van der Waals surface area contributed by atoms with Gasteiger partial charge in [0.15, 0.2) is 24.2 Å². The van der Waals surface area contributed by atoms with Crippen LogP contribution in [0.4, 0.5) is 0 Å². The topological polar surface area (TPSA) is 66.8 Å². The maximum Gasteiger partial charge on any atom is 0.338 e. The maximum atomic E-state index is 12.9. The molecule has 3 aromatic carbocycles. The molecule has 0 fully saturated rings. The molecule has 1 atom stereocenters. The van der Waals surface area contributed by atoms with E-state index in [9.17, 15) is 9.59 Å². The summed E-state index contributed by atoms with van der Waals surface area (Å²) in [6.45, 7) is 4.51. The van der Waals surface area contributed by atoms with Crippen molar-refractivity contribution >= 4 is 22.5 Å². The van der Waals surface area contributed by atoms with Gasteiger partial charge in [-0.25, -0.2) is 4.79 Å². The standard InChI is InChI=1S/C28H25NO5/c1-18-13-24(19(2)29(18)15-23-16-32-26-9-5-6-10-27(26)34-23)25(30)17-33-28(31)22-12-11-20-7-3-4-8-21(20)14-22/h3-14,23H,15-17H2,1-2H3. The van der Waals surface area contributed by atoms with Gasteiger partial charge >= 0.3 is 5.97 Å². The zero-order valence-corrected chi connectivity index (χ0v) is 19.1. The van der Waals surface area contributed by atoms with E-state index < -0.39 is 5.97 Å². The summed E-state index contributed by atoms with van der Waals surface area (Å²) in [6.07, 6.45) is -0.173. The Bertz CT molecular complexity index is 1390. The fourth-order valence-corrected chi connectivity index (χ4v) is 4.33. The van der Waals surface area contributed by atoms with Crippen LogP contribution in [0.15, 0.2) is 72.8 Å². The highest BCUT2D eigenvalue weighted by Gasteiger charge is 2.24. The molecule has 0 bridgehead atoms. The Morgan fingerprint density at radius 3 is 2.50 bits per heavy atom. The minimum atomic E-state index is -0.515. The lowest BCUT2D eigenvalue weighted by molar-refractivity contribution is 0.0474. The largest absolute Gasteiger partial charge is 0.486 e. The van der Waals surface area contributed by atoms with E-state index >= 15 is 0 Å². The molecule has 172 valence electrons. The number of esters is 1. The highest BCUT2D eigenvalue weighted by molar-refractivity contribution is 6.01. The number of para-hydroxylation sites is 2. The van der Waals surface area contributed by atoms with Crippen molar-refractivity contribution in [2.45, 2.75) is 26.5 Å². The second kappa shape index (κ2) is 9.06. The quantitative estimate of drug-likeness (QED) is 0.298. The zero-order valence-electron chi connectivity index (χ0n) is 19.1. The second-order valence-electron chi connectivity index (χ2n) is 8.45. The van der Waals surface area contributed by atoms with Gasteiger partial charge in [0.2, 0.25) is 5.78 Å². The van der Waals surface area contributed by atoms with Gasteiger partial charge in [-0.2, -0.15) is 0 Å². The monoisotopic (exact) mass is 455 g/mol. The van der Waals surface area contributed by atoms with Crippen LogP contribution in [-0.4, -0.2) is 35.6 Å². The van der Waals surface area contributed by atoms with Gasteiger partial charge in [0.25, 0.3) is 0 Å². The number of Topliss-reactive ketones (excluding diaryl/α,β-unsaturated/α-hetero) is 1. The highest BCUT2D eigenvalue weighted by Crippen LogP contribution is 2.31. The van der Waals surface area contributed by atoms with Crippen LogP contribution in [0.3, 0.4) is 0 Å². The predicted molar refractivity (Wildman–Crippen MR) is 129 cm³/mol. The number of benzene rings is 3. The molecule has 1 aliphatic rings. The minimum Gasteiger partial charge on any atom is -0.486 e. The van der Waals surface area contributed by atoms with Gasteiger partial charge in [-0.3, -0.25) is 4.79 Å². The first-order valence-electron chi connectivity index (χ1n) is 11.2. The van der Waals surface area contributed by atoms with Crippen molar-refractivity contribution in [3.8, 4) is 11.5 Å². The molecule has 0 saturated carbocycles. The Kier molecular flexibility index (Phi) is 5.80. The summed E-state index contributed by atoms with van der Waals surface area (Å²) >= 11 is 0. The van der Waals surface area contributed by atoms with E-state index in [2.05, 4.69) is 0 Å². The fourth-order valence-electron chi connectivity index (χ4n) is 4.33. The number of fused-ring (bicyclic) bond motifs is 2. The van der Waals surface area contributed by atoms with E-state index in [4.69, 9.17) is 14.2 Å². The number of carbonyl (C=O) groups is 2. The van der Waals surface area contributed by atoms with Crippen molar-refractivity contribution in [2.24, 2.45) is 0 Å². The van der Waals surface area contributed by atoms with Crippen molar-refractivity contribution in [1.29, 1.82) is 0 Å². The number of nitrogens with zero attached hydrogens (tertiary/aromatic N) is 1. The van der Waals surface area contributed by atoms with Crippen LogP contribution in [0.25, 0.3) is 10.8 Å². The van der Waals surface area contributed by atoms with E-state index in [0.717, 1.165) is 33.7 Å². The SMILES string of the molecule is Cc1cc(C(=O)COC(=O)c2ccc3ccccc3c2)c(C)n1CC1COc2ccccc2O1. The van der Waals surface area contributed by atoms with Crippen molar-refractivity contribution < 1.29 is 23.8 Å². The summed E-state index contributed by atoms with van der Waals surface area (Å²) < 4.78 is 19.3. The summed E-state index contributed by atoms with van der Waals surface area (Å²) in [7, 11) is 0. The van der Waals surface area contributed by atoms with Crippen molar-refractivity contribution in [2.75, 3.05) is 13.2 Å². The van der Waals surface area contributed by atoms with E-state index in [1.807, 2.05) is 79.1 Å². The Labute approximate surface area is 197 Å². The van der Waals surface area contributed by atoms with Gasteiger partial charge in [-0.05, 0) is 55.0 Å². The van der Waals surface area contributed by atoms with E-state index in [1.54, 1.807) is 12.1 Å². The smallest absolute Gasteiger partial charge is 0.338 e. The normalized spacial score (nSPS) is 14.7. The molecule has 0 amide bonds. The first kappa shape index (κ1) is 21.8. The van der Waals surface area contributed by atoms with Crippen LogP contribution in [0.2, 0.25) is 0 Å². The van der Waals surface area contributed by atoms with E-state index in [0.29, 0.717) is 24.3 Å². The molecule has 1 aromatic heterocycles. The number of carbonyl (C=O) groups excluding carboxylic acids is 2. The molecule has 0 radical (unpaired) electrons. The van der Waals surface area contributed by atoms with Crippen LogP contribution < -0.4 is 9.47 Å². The molecule has 0 aliphatic carbocycles. The van der Waals surface area contributed by atoms with Gasteiger partial charge in [0.1, 0.15) is 6.61 Å². The Morgan fingerprint density at radius 2 is 1.68 bits per heavy atom. The van der Waals surface area contributed by atoms with E-state index in [-0.39, 0.29) is 18.5 Å². The molecular weight excluding hydrogens is 430 g/mol. The molecule has 0 saturated heterocycles. The summed E-state index contributed by atoms with van der Waals surface area (Å²) in [4.78, 5) is 25.4. The number of rotatable bonds is 6. The molecule has 6 heteroatoms.